The minimum Gasteiger partial charge on any atom is -0.494 e. The molecule has 1 aromatic carbocycles. The first-order chi connectivity index (χ1) is 12.1. The van der Waals surface area contributed by atoms with Crippen LogP contribution in [0.25, 0.3) is 16.8 Å². The summed E-state index contributed by atoms with van der Waals surface area (Å²) in [6.07, 6.45) is 4.52. The highest BCUT2D eigenvalue weighted by atomic mass is 35.5. The lowest BCUT2D eigenvalue weighted by Crippen LogP contribution is -2.15. The predicted molar refractivity (Wildman–Crippen MR) is 102 cm³/mol. The highest BCUT2D eigenvalue weighted by molar-refractivity contribution is 6.51. The molecule has 0 bridgehead atoms. The van der Waals surface area contributed by atoms with Crippen LogP contribution in [0, 0.1) is 6.92 Å². The molecule has 0 aliphatic heterocycles. The van der Waals surface area contributed by atoms with E-state index in [1.165, 1.54) is 10.5 Å². The van der Waals surface area contributed by atoms with Crippen molar-refractivity contribution in [3.63, 3.8) is 0 Å². The van der Waals surface area contributed by atoms with Crippen LogP contribution in [0.5, 0.6) is 5.75 Å². The average Bonchev–Trinajstić information content (AvgIpc) is 2.61. The standard InChI is InChI=1S/C20H19ClN2O2/c1-3-10-25-16-7-5-15(6-8-16)11-17(21)18-12-20(24)23-13-14(2)4-9-19(23)22-18/h4-9,11-13H,3,10H2,1-2H3/b17-11-. The Balaban J connectivity index is 1.90. The zero-order chi connectivity index (χ0) is 17.8. The average molecular weight is 355 g/mol. The number of pyridine rings is 1. The summed E-state index contributed by atoms with van der Waals surface area (Å²) in [6.45, 7) is 4.69. The molecular weight excluding hydrogens is 336 g/mol. The molecular formula is C20H19ClN2O2. The van der Waals surface area contributed by atoms with Gasteiger partial charge >= 0.3 is 0 Å². The monoisotopic (exact) mass is 354 g/mol. The fourth-order valence-corrected chi connectivity index (χ4v) is 2.65. The number of aryl methyl sites for hydroxylation is 1. The Bertz CT molecular complexity index is 975. The molecule has 3 rings (SSSR count). The Morgan fingerprint density at radius 2 is 2.00 bits per heavy atom. The molecule has 3 aromatic rings. The van der Waals surface area contributed by atoms with E-state index in [-0.39, 0.29) is 5.56 Å². The van der Waals surface area contributed by atoms with Crippen LogP contribution in [0.4, 0.5) is 0 Å². The Morgan fingerprint density at radius 3 is 2.72 bits per heavy atom. The number of fused-ring (bicyclic) bond motifs is 1. The van der Waals surface area contributed by atoms with E-state index < -0.39 is 0 Å². The summed E-state index contributed by atoms with van der Waals surface area (Å²) in [5, 5.41) is 0.419. The van der Waals surface area contributed by atoms with Crippen molar-refractivity contribution in [1.82, 2.24) is 9.38 Å². The third-order valence-electron chi connectivity index (χ3n) is 3.70. The van der Waals surface area contributed by atoms with Crippen molar-refractivity contribution >= 4 is 28.4 Å². The van der Waals surface area contributed by atoms with Crippen LogP contribution in [0.1, 0.15) is 30.2 Å². The lowest BCUT2D eigenvalue weighted by Gasteiger charge is -2.06. The van der Waals surface area contributed by atoms with Crippen LogP contribution in [-0.4, -0.2) is 16.0 Å². The van der Waals surface area contributed by atoms with Crippen molar-refractivity contribution in [3.05, 3.63) is 75.8 Å². The van der Waals surface area contributed by atoms with E-state index in [1.807, 2.05) is 43.3 Å². The number of rotatable bonds is 5. The fraction of sp³-hybridized carbons (Fsp3) is 0.200. The molecule has 0 N–H and O–H groups in total. The summed E-state index contributed by atoms with van der Waals surface area (Å²) in [4.78, 5) is 16.7. The summed E-state index contributed by atoms with van der Waals surface area (Å²) in [5.41, 5.74) is 2.79. The normalized spacial score (nSPS) is 11.7. The van der Waals surface area contributed by atoms with Crippen molar-refractivity contribution < 1.29 is 4.74 Å². The molecule has 128 valence electrons. The number of hydrogen-bond donors (Lipinski definition) is 0. The number of aromatic nitrogens is 2. The first kappa shape index (κ1) is 17.2. The third-order valence-corrected chi connectivity index (χ3v) is 4.00. The molecule has 0 radical (unpaired) electrons. The van der Waals surface area contributed by atoms with Gasteiger partial charge in [-0.2, -0.15) is 0 Å². The lowest BCUT2D eigenvalue weighted by molar-refractivity contribution is 0.317. The predicted octanol–water partition coefficient (Wildman–Crippen LogP) is 4.53. The Labute approximate surface area is 151 Å². The molecule has 0 unspecified atom stereocenters. The van der Waals surface area contributed by atoms with Gasteiger partial charge in [-0.05, 0) is 48.7 Å². The van der Waals surface area contributed by atoms with Gasteiger partial charge < -0.3 is 4.74 Å². The summed E-state index contributed by atoms with van der Waals surface area (Å²) in [5.74, 6) is 0.826. The zero-order valence-electron chi connectivity index (χ0n) is 14.2. The van der Waals surface area contributed by atoms with Crippen LogP contribution >= 0.6 is 11.6 Å². The smallest absolute Gasteiger partial charge is 0.258 e. The second kappa shape index (κ2) is 7.53. The number of nitrogens with zero attached hydrogens (tertiary/aromatic N) is 2. The molecule has 0 fully saturated rings. The van der Waals surface area contributed by atoms with E-state index in [1.54, 1.807) is 12.3 Å². The van der Waals surface area contributed by atoms with Crippen LogP contribution in [0.3, 0.4) is 0 Å². The van der Waals surface area contributed by atoms with E-state index in [4.69, 9.17) is 16.3 Å². The van der Waals surface area contributed by atoms with E-state index >= 15 is 0 Å². The van der Waals surface area contributed by atoms with Crippen molar-refractivity contribution in [2.24, 2.45) is 0 Å². The molecule has 0 saturated heterocycles. The molecule has 0 amide bonds. The maximum absolute atomic E-state index is 12.3. The van der Waals surface area contributed by atoms with Gasteiger partial charge in [0, 0.05) is 12.3 Å². The molecule has 0 spiro atoms. The van der Waals surface area contributed by atoms with E-state index in [0.717, 1.165) is 23.3 Å². The van der Waals surface area contributed by atoms with E-state index in [0.29, 0.717) is 23.0 Å². The Kier molecular flexibility index (Phi) is 5.19. The van der Waals surface area contributed by atoms with Crippen LogP contribution in [0.2, 0.25) is 0 Å². The summed E-state index contributed by atoms with van der Waals surface area (Å²) in [6, 6.07) is 12.8. The number of ether oxygens (including phenoxy) is 1. The van der Waals surface area contributed by atoms with Crippen LogP contribution < -0.4 is 10.3 Å². The second-order valence-electron chi connectivity index (χ2n) is 5.82. The van der Waals surface area contributed by atoms with Gasteiger partial charge in [0.05, 0.1) is 17.3 Å². The first-order valence-corrected chi connectivity index (χ1v) is 8.55. The fourth-order valence-electron chi connectivity index (χ4n) is 2.43. The van der Waals surface area contributed by atoms with Crippen molar-refractivity contribution in [3.8, 4) is 5.75 Å². The number of halogens is 1. The van der Waals surface area contributed by atoms with E-state index in [9.17, 15) is 4.79 Å². The van der Waals surface area contributed by atoms with E-state index in [2.05, 4.69) is 11.9 Å². The SMILES string of the molecule is CCCOc1ccc(/C=C(\Cl)c2cc(=O)n3cc(C)ccc3n2)cc1. The molecule has 0 saturated carbocycles. The minimum absolute atomic E-state index is 0.154. The Hall–Kier alpha value is -2.59. The van der Waals surface area contributed by atoms with Crippen molar-refractivity contribution in [2.45, 2.75) is 20.3 Å². The minimum atomic E-state index is -0.154. The molecule has 0 atom stereocenters. The van der Waals surface area contributed by atoms with Gasteiger partial charge in [-0.1, -0.05) is 36.7 Å². The zero-order valence-corrected chi connectivity index (χ0v) is 15.0. The molecule has 25 heavy (non-hydrogen) atoms. The van der Waals surface area contributed by atoms with Crippen LogP contribution in [0.15, 0.2) is 53.5 Å². The highest BCUT2D eigenvalue weighted by Crippen LogP contribution is 2.22. The van der Waals surface area contributed by atoms with Gasteiger partial charge in [-0.3, -0.25) is 9.20 Å². The quantitative estimate of drug-likeness (QED) is 0.676. The van der Waals surface area contributed by atoms with Gasteiger partial charge in [0.2, 0.25) is 0 Å². The molecule has 0 aliphatic rings. The first-order valence-electron chi connectivity index (χ1n) is 8.17. The molecule has 4 nitrogen and oxygen atoms in total. The summed E-state index contributed by atoms with van der Waals surface area (Å²) in [7, 11) is 0. The van der Waals surface area contributed by atoms with Gasteiger partial charge in [0.25, 0.3) is 5.56 Å². The second-order valence-corrected chi connectivity index (χ2v) is 6.23. The molecule has 2 heterocycles. The highest BCUT2D eigenvalue weighted by Gasteiger charge is 2.06. The topological polar surface area (TPSA) is 43.6 Å². The van der Waals surface area contributed by atoms with Crippen molar-refractivity contribution in [1.29, 1.82) is 0 Å². The van der Waals surface area contributed by atoms with Crippen molar-refractivity contribution in [2.75, 3.05) is 6.61 Å². The maximum atomic E-state index is 12.3. The summed E-state index contributed by atoms with van der Waals surface area (Å²) < 4.78 is 7.08. The third kappa shape index (κ3) is 4.09. The molecule has 5 heteroatoms. The van der Waals surface area contributed by atoms with Crippen LogP contribution in [-0.2, 0) is 0 Å². The molecule has 0 aliphatic carbocycles. The largest absolute Gasteiger partial charge is 0.494 e. The lowest BCUT2D eigenvalue weighted by atomic mass is 10.2. The van der Waals surface area contributed by atoms with Gasteiger partial charge in [-0.25, -0.2) is 4.98 Å². The molecule has 2 aromatic heterocycles. The number of hydrogen-bond acceptors (Lipinski definition) is 3. The van der Waals surface area contributed by atoms with Gasteiger partial charge in [0.15, 0.2) is 0 Å². The number of benzene rings is 1. The summed E-state index contributed by atoms with van der Waals surface area (Å²) >= 11 is 6.39. The maximum Gasteiger partial charge on any atom is 0.258 e. The Morgan fingerprint density at radius 1 is 1.24 bits per heavy atom. The van der Waals surface area contributed by atoms with Gasteiger partial charge in [-0.15, -0.1) is 0 Å². The van der Waals surface area contributed by atoms with Gasteiger partial charge in [0.1, 0.15) is 11.4 Å².